The quantitative estimate of drug-likeness (QED) is 0.812. The van der Waals surface area contributed by atoms with Crippen LogP contribution < -0.4 is 14.8 Å². The fourth-order valence-electron chi connectivity index (χ4n) is 1.67. The smallest absolute Gasteiger partial charge is 0.412 e. The lowest BCUT2D eigenvalue weighted by atomic mass is 10.2. The minimum absolute atomic E-state index is 0.0693. The summed E-state index contributed by atoms with van der Waals surface area (Å²) in [6, 6.07) is 3.48. The molecular weight excluding hydrogens is 258 g/mol. The highest BCUT2D eigenvalue weighted by atomic mass is 16.5. The molecule has 5 heteroatoms. The molecular formula is C15H19NO4. The molecule has 1 aromatic carbocycles. The van der Waals surface area contributed by atoms with E-state index in [4.69, 9.17) is 20.6 Å². The molecule has 0 spiro atoms. The molecule has 0 aliphatic heterocycles. The maximum Gasteiger partial charge on any atom is 0.412 e. The molecule has 108 valence electrons. The maximum absolute atomic E-state index is 11.5. The number of amides is 1. The van der Waals surface area contributed by atoms with Crippen molar-refractivity contribution in [3.8, 4) is 23.8 Å². The highest BCUT2D eigenvalue weighted by Crippen LogP contribution is 2.34. The van der Waals surface area contributed by atoms with Gasteiger partial charge in [0.25, 0.3) is 0 Å². The first-order chi connectivity index (χ1) is 9.62. The van der Waals surface area contributed by atoms with Gasteiger partial charge in [0.2, 0.25) is 0 Å². The molecule has 1 rings (SSSR count). The van der Waals surface area contributed by atoms with Crippen LogP contribution in [0, 0.1) is 19.3 Å². The molecule has 1 aromatic rings. The van der Waals surface area contributed by atoms with E-state index < -0.39 is 6.09 Å². The highest BCUT2D eigenvalue weighted by molar-refractivity contribution is 5.85. The first kappa shape index (κ1) is 15.7. The van der Waals surface area contributed by atoms with E-state index in [0.717, 1.165) is 5.56 Å². The Hall–Kier alpha value is -2.35. The monoisotopic (exact) mass is 277 g/mol. The Labute approximate surface area is 119 Å². The molecule has 0 radical (unpaired) electrons. The van der Waals surface area contributed by atoms with Crippen LogP contribution in [0.1, 0.15) is 19.4 Å². The summed E-state index contributed by atoms with van der Waals surface area (Å²) in [5, 5.41) is 2.59. The number of carbonyl (C=O) groups excluding carboxylic acids is 1. The van der Waals surface area contributed by atoms with E-state index in [1.165, 1.54) is 0 Å². The fourth-order valence-corrected chi connectivity index (χ4v) is 1.67. The molecule has 1 amide bonds. The predicted molar refractivity (Wildman–Crippen MR) is 77.3 cm³/mol. The molecule has 0 saturated heterocycles. The molecule has 1 N–H and O–H groups in total. The van der Waals surface area contributed by atoms with Crippen molar-refractivity contribution >= 4 is 11.8 Å². The number of rotatable bonds is 6. The molecule has 0 unspecified atom stereocenters. The largest absolute Gasteiger partial charge is 0.490 e. The Kier molecular flexibility index (Phi) is 6.24. The number of hydrogen-bond acceptors (Lipinski definition) is 4. The third kappa shape index (κ3) is 4.39. The van der Waals surface area contributed by atoms with Crippen LogP contribution in [-0.2, 0) is 4.74 Å². The van der Waals surface area contributed by atoms with E-state index in [1.807, 2.05) is 20.8 Å². The zero-order chi connectivity index (χ0) is 15.0. The normalized spacial score (nSPS) is 9.50. The number of ether oxygens (including phenoxy) is 3. The van der Waals surface area contributed by atoms with Crippen LogP contribution in [0.3, 0.4) is 0 Å². The summed E-state index contributed by atoms with van der Waals surface area (Å²) >= 11 is 0. The summed E-state index contributed by atoms with van der Waals surface area (Å²) < 4.78 is 15.8. The van der Waals surface area contributed by atoms with E-state index >= 15 is 0 Å². The standard InChI is InChI=1S/C15H19NO4/c1-5-8-20-15(17)16-12-9-11(4)14(19-7-3)13(10-12)18-6-2/h1,9-10H,6-8H2,2-4H3,(H,16,17). The van der Waals surface area contributed by atoms with Crippen molar-refractivity contribution in [2.45, 2.75) is 20.8 Å². The van der Waals surface area contributed by atoms with Crippen LogP contribution in [0.2, 0.25) is 0 Å². The third-order valence-corrected chi connectivity index (χ3v) is 2.36. The Bertz CT molecular complexity index is 505. The molecule has 5 nitrogen and oxygen atoms in total. The Balaban J connectivity index is 2.93. The number of aryl methyl sites for hydroxylation is 1. The van der Waals surface area contributed by atoms with E-state index in [-0.39, 0.29) is 6.61 Å². The second-order valence-corrected chi connectivity index (χ2v) is 3.89. The number of terminal acetylenes is 1. The molecule has 0 atom stereocenters. The molecule has 0 aromatic heterocycles. The van der Waals surface area contributed by atoms with Gasteiger partial charge < -0.3 is 14.2 Å². The second-order valence-electron chi connectivity index (χ2n) is 3.89. The summed E-state index contributed by atoms with van der Waals surface area (Å²) in [5.74, 6) is 3.49. The van der Waals surface area contributed by atoms with Crippen LogP contribution in [-0.4, -0.2) is 25.9 Å². The lowest BCUT2D eigenvalue weighted by molar-refractivity contribution is 0.176. The van der Waals surface area contributed by atoms with Crippen molar-refractivity contribution in [1.29, 1.82) is 0 Å². The maximum atomic E-state index is 11.5. The van der Waals surface area contributed by atoms with Crippen molar-refractivity contribution in [3.05, 3.63) is 17.7 Å². The van der Waals surface area contributed by atoms with E-state index in [1.54, 1.807) is 12.1 Å². The predicted octanol–water partition coefficient (Wildman–Crippen LogP) is 2.97. The fraction of sp³-hybridized carbons (Fsp3) is 0.400. The van der Waals surface area contributed by atoms with Gasteiger partial charge in [0.15, 0.2) is 18.1 Å². The van der Waals surface area contributed by atoms with Gasteiger partial charge in [-0.2, -0.15) is 0 Å². The SMILES string of the molecule is C#CCOC(=O)Nc1cc(C)c(OCC)c(OCC)c1. The lowest BCUT2D eigenvalue weighted by Crippen LogP contribution is -2.14. The summed E-state index contributed by atoms with van der Waals surface area (Å²) in [4.78, 5) is 11.5. The van der Waals surface area contributed by atoms with Crippen LogP contribution in [0.5, 0.6) is 11.5 Å². The Morgan fingerprint density at radius 2 is 2.00 bits per heavy atom. The van der Waals surface area contributed by atoms with Gasteiger partial charge in [0, 0.05) is 11.8 Å². The first-order valence-corrected chi connectivity index (χ1v) is 6.39. The minimum atomic E-state index is -0.603. The van der Waals surface area contributed by atoms with Gasteiger partial charge in [-0.1, -0.05) is 5.92 Å². The molecule has 0 saturated carbocycles. The van der Waals surface area contributed by atoms with Gasteiger partial charge in [-0.15, -0.1) is 6.42 Å². The molecule has 0 aliphatic carbocycles. The van der Waals surface area contributed by atoms with E-state index in [2.05, 4.69) is 11.2 Å². The highest BCUT2D eigenvalue weighted by Gasteiger charge is 2.12. The topological polar surface area (TPSA) is 56.8 Å². The van der Waals surface area contributed by atoms with Gasteiger partial charge in [-0.25, -0.2) is 4.79 Å². The molecule has 0 bridgehead atoms. The Morgan fingerprint density at radius 3 is 2.60 bits per heavy atom. The summed E-state index contributed by atoms with van der Waals surface area (Å²) in [6.07, 6.45) is 4.42. The van der Waals surface area contributed by atoms with Crippen LogP contribution >= 0.6 is 0 Å². The summed E-state index contributed by atoms with van der Waals surface area (Å²) in [7, 11) is 0. The van der Waals surface area contributed by atoms with Gasteiger partial charge in [-0.3, -0.25) is 5.32 Å². The van der Waals surface area contributed by atoms with Crippen molar-refractivity contribution < 1.29 is 19.0 Å². The summed E-state index contributed by atoms with van der Waals surface area (Å²) in [6.45, 7) is 6.64. The second kappa shape index (κ2) is 7.95. The van der Waals surface area contributed by atoms with Crippen molar-refractivity contribution in [1.82, 2.24) is 0 Å². The lowest BCUT2D eigenvalue weighted by Gasteiger charge is -2.15. The zero-order valence-electron chi connectivity index (χ0n) is 12.0. The van der Waals surface area contributed by atoms with E-state index in [9.17, 15) is 4.79 Å². The third-order valence-electron chi connectivity index (χ3n) is 2.36. The summed E-state index contributed by atoms with van der Waals surface area (Å²) in [5.41, 5.74) is 1.43. The van der Waals surface area contributed by atoms with Gasteiger partial charge in [-0.05, 0) is 32.4 Å². The average Bonchev–Trinajstić information content (AvgIpc) is 2.40. The van der Waals surface area contributed by atoms with Crippen LogP contribution in [0.25, 0.3) is 0 Å². The number of carbonyl (C=O) groups is 1. The van der Waals surface area contributed by atoms with Gasteiger partial charge >= 0.3 is 6.09 Å². The zero-order valence-corrected chi connectivity index (χ0v) is 12.0. The molecule has 0 aliphatic rings. The number of benzene rings is 1. The molecule has 0 fully saturated rings. The molecule has 20 heavy (non-hydrogen) atoms. The van der Waals surface area contributed by atoms with Gasteiger partial charge in [0.05, 0.1) is 13.2 Å². The Morgan fingerprint density at radius 1 is 1.30 bits per heavy atom. The number of anilines is 1. The van der Waals surface area contributed by atoms with E-state index in [0.29, 0.717) is 30.4 Å². The van der Waals surface area contributed by atoms with Gasteiger partial charge in [0.1, 0.15) is 0 Å². The minimum Gasteiger partial charge on any atom is -0.490 e. The van der Waals surface area contributed by atoms with Crippen molar-refractivity contribution in [2.24, 2.45) is 0 Å². The number of nitrogens with one attached hydrogen (secondary N) is 1. The van der Waals surface area contributed by atoms with Crippen LogP contribution in [0.15, 0.2) is 12.1 Å². The average molecular weight is 277 g/mol. The number of hydrogen-bond donors (Lipinski definition) is 1. The van der Waals surface area contributed by atoms with Crippen LogP contribution in [0.4, 0.5) is 10.5 Å². The molecule has 0 heterocycles. The van der Waals surface area contributed by atoms with Crippen molar-refractivity contribution in [2.75, 3.05) is 25.1 Å². The first-order valence-electron chi connectivity index (χ1n) is 6.39. The van der Waals surface area contributed by atoms with Crippen molar-refractivity contribution in [3.63, 3.8) is 0 Å².